The molecule has 1 aromatic rings. The van der Waals surface area contributed by atoms with Crippen molar-refractivity contribution in [3.63, 3.8) is 0 Å². The maximum atomic E-state index is 6.49. The normalized spacial score (nSPS) is 26.0. The molecular weight excluding hydrogens is 218 g/mol. The molecule has 0 bridgehead atoms. The molecule has 0 aromatic heterocycles. The van der Waals surface area contributed by atoms with E-state index in [-0.39, 0.29) is 6.04 Å². The lowest BCUT2D eigenvalue weighted by Gasteiger charge is -2.32. The smallest absolute Gasteiger partial charge is 0.0323 e. The van der Waals surface area contributed by atoms with Crippen LogP contribution in [0.2, 0.25) is 0 Å². The molecule has 1 aromatic carbocycles. The molecule has 0 aliphatic heterocycles. The van der Waals surface area contributed by atoms with Crippen LogP contribution >= 0.6 is 0 Å². The second kappa shape index (κ2) is 5.88. The predicted octanol–water partition coefficient (Wildman–Crippen LogP) is 4.52. The van der Waals surface area contributed by atoms with Crippen LogP contribution in [-0.2, 0) is 0 Å². The third kappa shape index (κ3) is 3.14. The first-order valence-electron chi connectivity index (χ1n) is 7.44. The van der Waals surface area contributed by atoms with Crippen molar-refractivity contribution < 1.29 is 0 Å². The topological polar surface area (TPSA) is 26.0 Å². The number of hydrogen-bond donors (Lipinski definition) is 1. The zero-order valence-electron chi connectivity index (χ0n) is 12.1. The van der Waals surface area contributed by atoms with Crippen LogP contribution < -0.4 is 5.73 Å². The van der Waals surface area contributed by atoms with Gasteiger partial charge < -0.3 is 5.73 Å². The summed E-state index contributed by atoms with van der Waals surface area (Å²) in [5.74, 6) is 1.64. The fraction of sp³-hybridized carbons (Fsp3) is 0.647. The highest BCUT2D eigenvalue weighted by atomic mass is 14.7. The Morgan fingerprint density at radius 3 is 2.11 bits per heavy atom. The van der Waals surface area contributed by atoms with E-state index in [1.54, 1.807) is 0 Å². The van der Waals surface area contributed by atoms with Crippen LogP contribution in [0.15, 0.2) is 18.2 Å². The van der Waals surface area contributed by atoms with Crippen LogP contribution in [-0.4, -0.2) is 0 Å². The van der Waals surface area contributed by atoms with E-state index < -0.39 is 0 Å². The van der Waals surface area contributed by atoms with Gasteiger partial charge in [0, 0.05) is 6.04 Å². The highest BCUT2D eigenvalue weighted by Crippen LogP contribution is 2.37. The third-order valence-electron chi connectivity index (χ3n) is 4.61. The van der Waals surface area contributed by atoms with E-state index in [1.165, 1.54) is 48.8 Å². The quantitative estimate of drug-likeness (QED) is 0.832. The zero-order chi connectivity index (χ0) is 13.1. The van der Waals surface area contributed by atoms with Gasteiger partial charge in [-0.15, -0.1) is 0 Å². The Kier molecular flexibility index (Phi) is 4.45. The van der Waals surface area contributed by atoms with E-state index in [2.05, 4.69) is 39.0 Å². The molecule has 0 saturated heterocycles. The summed E-state index contributed by atoms with van der Waals surface area (Å²) in [7, 11) is 0. The Morgan fingerprint density at radius 1 is 1.06 bits per heavy atom. The second-order valence-corrected chi connectivity index (χ2v) is 6.14. The highest BCUT2D eigenvalue weighted by Gasteiger charge is 2.25. The molecule has 0 radical (unpaired) electrons. The average molecular weight is 245 g/mol. The molecule has 1 nitrogen and oxygen atoms in total. The molecule has 1 fully saturated rings. The summed E-state index contributed by atoms with van der Waals surface area (Å²) < 4.78 is 0. The first kappa shape index (κ1) is 13.6. The molecule has 100 valence electrons. The van der Waals surface area contributed by atoms with E-state index in [4.69, 9.17) is 5.73 Å². The number of aryl methyl sites for hydroxylation is 2. The molecule has 0 spiro atoms. The fourth-order valence-electron chi connectivity index (χ4n) is 3.43. The molecule has 2 rings (SSSR count). The van der Waals surface area contributed by atoms with Crippen LogP contribution in [0.3, 0.4) is 0 Å². The molecule has 0 amide bonds. The lowest BCUT2D eigenvalue weighted by Crippen LogP contribution is -2.26. The third-order valence-corrected chi connectivity index (χ3v) is 4.61. The van der Waals surface area contributed by atoms with Gasteiger partial charge in [-0.3, -0.25) is 0 Å². The second-order valence-electron chi connectivity index (χ2n) is 6.14. The SMILES string of the molecule is CCC1CCC(C(N)c2cc(C)cc(C)c2)CC1. The average Bonchev–Trinajstić information content (AvgIpc) is 2.37. The van der Waals surface area contributed by atoms with Crippen molar-refractivity contribution >= 4 is 0 Å². The van der Waals surface area contributed by atoms with Crippen molar-refractivity contribution in [3.8, 4) is 0 Å². The summed E-state index contributed by atoms with van der Waals surface area (Å²) in [6.45, 7) is 6.64. The van der Waals surface area contributed by atoms with Gasteiger partial charge >= 0.3 is 0 Å². The van der Waals surface area contributed by atoms with E-state index in [0.29, 0.717) is 5.92 Å². The molecular formula is C17H27N. The van der Waals surface area contributed by atoms with E-state index >= 15 is 0 Å². The lowest BCUT2D eigenvalue weighted by molar-refractivity contribution is 0.240. The largest absolute Gasteiger partial charge is 0.324 e. The van der Waals surface area contributed by atoms with E-state index in [9.17, 15) is 0 Å². The van der Waals surface area contributed by atoms with E-state index in [0.717, 1.165) is 5.92 Å². The van der Waals surface area contributed by atoms with Gasteiger partial charge in [-0.05, 0) is 44.1 Å². The highest BCUT2D eigenvalue weighted by molar-refractivity contribution is 5.30. The van der Waals surface area contributed by atoms with Gasteiger partial charge in [0.1, 0.15) is 0 Å². The molecule has 1 aliphatic rings. The Bertz CT molecular complexity index is 368. The van der Waals surface area contributed by atoms with Gasteiger partial charge in [0.15, 0.2) is 0 Å². The molecule has 1 atom stereocenters. The summed E-state index contributed by atoms with van der Waals surface area (Å²) in [4.78, 5) is 0. The van der Waals surface area contributed by atoms with Crippen molar-refractivity contribution in [2.75, 3.05) is 0 Å². The Balaban J connectivity index is 2.05. The maximum absolute atomic E-state index is 6.49. The van der Waals surface area contributed by atoms with Crippen molar-refractivity contribution in [3.05, 3.63) is 34.9 Å². The van der Waals surface area contributed by atoms with Crippen LogP contribution in [0.4, 0.5) is 0 Å². The van der Waals surface area contributed by atoms with Gasteiger partial charge in [0.25, 0.3) is 0 Å². The first-order chi connectivity index (χ1) is 8.60. The summed E-state index contributed by atoms with van der Waals surface area (Å²) in [6.07, 6.45) is 6.71. The van der Waals surface area contributed by atoms with Gasteiger partial charge in [-0.25, -0.2) is 0 Å². The van der Waals surface area contributed by atoms with Crippen molar-refractivity contribution in [2.45, 2.75) is 58.9 Å². The maximum Gasteiger partial charge on any atom is 0.0323 e. The molecule has 0 heterocycles. The standard InChI is InChI=1S/C17H27N/c1-4-14-5-7-15(8-6-14)17(18)16-10-12(2)9-13(3)11-16/h9-11,14-15,17H,4-8,18H2,1-3H3. The molecule has 18 heavy (non-hydrogen) atoms. The molecule has 1 saturated carbocycles. The van der Waals surface area contributed by atoms with Crippen LogP contribution in [0, 0.1) is 25.7 Å². The lowest BCUT2D eigenvalue weighted by atomic mass is 9.76. The van der Waals surface area contributed by atoms with Crippen LogP contribution in [0.25, 0.3) is 0 Å². The van der Waals surface area contributed by atoms with Gasteiger partial charge in [0.2, 0.25) is 0 Å². The monoisotopic (exact) mass is 245 g/mol. The zero-order valence-corrected chi connectivity index (χ0v) is 12.1. The Hall–Kier alpha value is -0.820. The minimum absolute atomic E-state index is 0.237. The van der Waals surface area contributed by atoms with Crippen molar-refractivity contribution in [2.24, 2.45) is 17.6 Å². The van der Waals surface area contributed by atoms with E-state index in [1.807, 2.05) is 0 Å². The predicted molar refractivity (Wildman–Crippen MR) is 78.6 cm³/mol. The molecule has 1 aliphatic carbocycles. The number of hydrogen-bond acceptors (Lipinski definition) is 1. The summed E-state index contributed by atoms with van der Waals surface area (Å²) >= 11 is 0. The minimum Gasteiger partial charge on any atom is -0.324 e. The molecule has 2 N–H and O–H groups in total. The Labute approximate surface area is 112 Å². The van der Waals surface area contributed by atoms with Crippen LogP contribution in [0.5, 0.6) is 0 Å². The first-order valence-corrected chi connectivity index (χ1v) is 7.44. The van der Waals surface area contributed by atoms with Gasteiger partial charge in [-0.2, -0.15) is 0 Å². The van der Waals surface area contributed by atoms with Gasteiger partial charge in [-0.1, -0.05) is 55.5 Å². The van der Waals surface area contributed by atoms with Crippen LogP contribution in [0.1, 0.15) is 61.8 Å². The number of nitrogens with two attached hydrogens (primary N) is 1. The van der Waals surface area contributed by atoms with Crippen molar-refractivity contribution in [1.82, 2.24) is 0 Å². The minimum atomic E-state index is 0.237. The van der Waals surface area contributed by atoms with Crippen molar-refractivity contribution in [1.29, 1.82) is 0 Å². The fourth-order valence-corrected chi connectivity index (χ4v) is 3.43. The van der Waals surface area contributed by atoms with Gasteiger partial charge in [0.05, 0.1) is 0 Å². The number of rotatable bonds is 3. The molecule has 1 heteroatoms. The number of benzene rings is 1. The summed E-state index contributed by atoms with van der Waals surface area (Å²) in [6, 6.07) is 7.00. The Morgan fingerprint density at radius 2 is 1.61 bits per heavy atom. The summed E-state index contributed by atoms with van der Waals surface area (Å²) in [5.41, 5.74) is 10.5. The molecule has 1 unspecified atom stereocenters. The summed E-state index contributed by atoms with van der Waals surface area (Å²) in [5, 5.41) is 0.